The van der Waals surface area contributed by atoms with Gasteiger partial charge in [-0.15, -0.1) is 0 Å². The number of nitrogens with one attached hydrogen (secondary N) is 2. The first-order valence-electron chi connectivity index (χ1n) is 9.76. The zero-order chi connectivity index (χ0) is 22.8. The van der Waals surface area contributed by atoms with Crippen LogP contribution in [-0.2, 0) is 4.74 Å². The van der Waals surface area contributed by atoms with E-state index in [9.17, 15) is 9.59 Å². The Morgan fingerprint density at radius 1 is 0.812 bits per heavy atom. The molecule has 0 radical (unpaired) electrons. The van der Waals surface area contributed by atoms with E-state index in [4.69, 9.17) is 21.7 Å². The van der Waals surface area contributed by atoms with Crippen molar-refractivity contribution >= 4 is 34.9 Å². The van der Waals surface area contributed by atoms with Crippen molar-refractivity contribution in [1.29, 1.82) is 0 Å². The number of carbonyl (C=O) groups excluding carboxylic acids is 2. The van der Waals surface area contributed by atoms with E-state index < -0.39 is 11.9 Å². The van der Waals surface area contributed by atoms with Crippen molar-refractivity contribution in [2.45, 2.75) is 0 Å². The van der Waals surface area contributed by atoms with Gasteiger partial charge in [0, 0.05) is 17.3 Å². The number of para-hydroxylation sites is 1. The van der Waals surface area contributed by atoms with Crippen LogP contribution in [-0.4, -0.2) is 37.3 Å². The van der Waals surface area contributed by atoms with E-state index >= 15 is 0 Å². The molecule has 0 bridgehead atoms. The monoisotopic (exact) mass is 450 g/mol. The first kappa shape index (κ1) is 22.8. The summed E-state index contributed by atoms with van der Waals surface area (Å²) in [6, 6.07) is 22.8. The third-order valence-electron chi connectivity index (χ3n) is 4.25. The van der Waals surface area contributed by atoms with Gasteiger partial charge >= 0.3 is 5.97 Å². The fourth-order valence-corrected chi connectivity index (χ4v) is 2.92. The zero-order valence-electron chi connectivity index (χ0n) is 17.4. The van der Waals surface area contributed by atoms with Gasteiger partial charge in [-0.3, -0.25) is 10.1 Å². The Bertz CT molecular complexity index is 1070. The third kappa shape index (κ3) is 6.82. The molecule has 0 atom stereocenters. The molecule has 0 aliphatic heterocycles. The van der Waals surface area contributed by atoms with E-state index in [-0.39, 0.29) is 5.11 Å². The lowest BCUT2D eigenvalue weighted by molar-refractivity contribution is 0.0600. The van der Waals surface area contributed by atoms with E-state index in [1.54, 1.807) is 12.1 Å². The summed E-state index contributed by atoms with van der Waals surface area (Å²) in [6.07, 6.45) is 0. The molecule has 0 heterocycles. The number of benzene rings is 3. The van der Waals surface area contributed by atoms with Gasteiger partial charge in [-0.25, -0.2) is 4.79 Å². The highest BCUT2D eigenvalue weighted by atomic mass is 32.1. The molecule has 0 spiro atoms. The van der Waals surface area contributed by atoms with Crippen LogP contribution in [0, 0.1) is 0 Å². The Morgan fingerprint density at radius 3 is 2.12 bits per heavy atom. The number of rotatable bonds is 8. The van der Waals surface area contributed by atoms with Crippen molar-refractivity contribution in [2.24, 2.45) is 0 Å². The molecule has 32 heavy (non-hydrogen) atoms. The second-order valence-electron chi connectivity index (χ2n) is 6.51. The van der Waals surface area contributed by atoms with Crippen molar-refractivity contribution in [2.75, 3.05) is 25.6 Å². The van der Waals surface area contributed by atoms with Crippen molar-refractivity contribution in [3.05, 3.63) is 90.0 Å². The number of hydrogen-bond donors (Lipinski definition) is 2. The first-order valence-corrected chi connectivity index (χ1v) is 10.2. The van der Waals surface area contributed by atoms with Crippen LogP contribution in [0.2, 0.25) is 0 Å². The summed E-state index contributed by atoms with van der Waals surface area (Å²) in [6.45, 7) is 0.784. The average molecular weight is 451 g/mol. The zero-order valence-corrected chi connectivity index (χ0v) is 18.2. The third-order valence-corrected chi connectivity index (χ3v) is 4.46. The summed E-state index contributed by atoms with van der Waals surface area (Å²) in [5, 5.41) is 5.69. The van der Waals surface area contributed by atoms with Gasteiger partial charge in [0.1, 0.15) is 24.7 Å². The van der Waals surface area contributed by atoms with Crippen LogP contribution in [0.3, 0.4) is 0 Å². The SMILES string of the molecule is COC(=O)c1ccc(C(=O)NC(=S)Nc2cccc(OCCOc3ccccc3)c2)cc1. The van der Waals surface area contributed by atoms with Crippen LogP contribution in [0.4, 0.5) is 5.69 Å². The highest BCUT2D eigenvalue weighted by molar-refractivity contribution is 7.80. The molecule has 0 saturated heterocycles. The standard InChI is InChI=1S/C24H22N2O5S/c1-29-23(28)18-12-10-17(11-13-18)22(27)26-24(32)25-19-6-5-9-21(16-19)31-15-14-30-20-7-3-2-4-8-20/h2-13,16H,14-15H2,1H3,(H2,25,26,27,32). The number of esters is 1. The molecule has 3 aromatic rings. The summed E-state index contributed by atoms with van der Waals surface area (Å²) in [4.78, 5) is 23.8. The highest BCUT2D eigenvalue weighted by Crippen LogP contribution is 2.17. The number of ether oxygens (including phenoxy) is 3. The Hall–Kier alpha value is -3.91. The predicted octanol–water partition coefficient (Wildman–Crippen LogP) is 4.06. The molecule has 0 unspecified atom stereocenters. The van der Waals surface area contributed by atoms with Crippen LogP contribution in [0.5, 0.6) is 11.5 Å². The number of thiocarbonyl (C=S) groups is 1. The second kappa shape index (κ2) is 11.5. The van der Waals surface area contributed by atoms with Crippen LogP contribution in [0.15, 0.2) is 78.9 Å². The molecule has 2 N–H and O–H groups in total. The Morgan fingerprint density at radius 2 is 1.44 bits per heavy atom. The fourth-order valence-electron chi connectivity index (χ4n) is 2.71. The molecule has 8 heteroatoms. The van der Waals surface area contributed by atoms with Crippen LogP contribution < -0.4 is 20.1 Å². The largest absolute Gasteiger partial charge is 0.490 e. The molecule has 0 fully saturated rings. The Labute approximate surface area is 191 Å². The fraction of sp³-hybridized carbons (Fsp3) is 0.125. The molecule has 0 saturated carbocycles. The summed E-state index contributed by atoms with van der Waals surface area (Å²) >= 11 is 5.22. The Balaban J connectivity index is 1.47. The minimum absolute atomic E-state index is 0.136. The Kier molecular flexibility index (Phi) is 8.16. The van der Waals surface area contributed by atoms with Gasteiger partial charge in [-0.05, 0) is 60.7 Å². The molecule has 7 nitrogen and oxygen atoms in total. The van der Waals surface area contributed by atoms with Gasteiger partial charge in [0.15, 0.2) is 5.11 Å². The van der Waals surface area contributed by atoms with Crippen molar-refractivity contribution in [3.8, 4) is 11.5 Å². The van der Waals surface area contributed by atoms with Gasteiger partial charge < -0.3 is 19.5 Å². The average Bonchev–Trinajstić information content (AvgIpc) is 2.82. The molecule has 164 valence electrons. The van der Waals surface area contributed by atoms with E-state index in [0.29, 0.717) is 35.8 Å². The second-order valence-corrected chi connectivity index (χ2v) is 6.92. The van der Waals surface area contributed by atoms with Gasteiger partial charge in [0.2, 0.25) is 0 Å². The van der Waals surface area contributed by atoms with Crippen LogP contribution >= 0.6 is 12.2 Å². The van der Waals surface area contributed by atoms with E-state index in [0.717, 1.165) is 5.75 Å². The smallest absolute Gasteiger partial charge is 0.337 e. The number of amides is 1. The van der Waals surface area contributed by atoms with Crippen LogP contribution in [0.25, 0.3) is 0 Å². The van der Waals surface area contributed by atoms with E-state index in [1.807, 2.05) is 42.5 Å². The molecule has 0 aliphatic carbocycles. The number of hydrogen-bond acceptors (Lipinski definition) is 6. The molecular weight excluding hydrogens is 428 g/mol. The normalized spacial score (nSPS) is 10.0. The van der Waals surface area contributed by atoms with Crippen molar-refractivity contribution in [3.63, 3.8) is 0 Å². The van der Waals surface area contributed by atoms with Crippen molar-refractivity contribution in [1.82, 2.24) is 5.32 Å². The topological polar surface area (TPSA) is 85.9 Å². The van der Waals surface area contributed by atoms with Crippen LogP contribution in [0.1, 0.15) is 20.7 Å². The molecule has 0 aromatic heterocycles. The minimum atomic E-state index is -0.470. The van der Waals surface area contributed by atoms with Gasteiger partial charge in [0.25, 0.3) is 5.91 Å². The molecule has 0 aliphatic rings. The first-order chi connectivity index (χ1) is 15.5. The predicted molar refractivity (Wildman–Crippen MR) is 125 cm³/mol. The maximum Gasteiger partial charge on any atom is 0.337 e. The molecule has 3 aromatic carbocycles. The lowest BCUT2D eigenvalue weighted by Crippen LogP contribution is -2.34. The highest BCUT2D eigenvalue weighted by Gasteiger charge is 2.10. The number of anilines is 1. The van der Waals surface area contributed by atoms with E-state index in [1.165, 1.54) is 31.4 Å². The van der Waals surface area contributed by atoms with E-state index in [2.05, 4.69) is 15.4 Å². The number of methoxy groups -OCH3 is 1. The van der Waals surface area contributed by atoms with Gasteiger partial charge in [0.05, 0.1) is 12.7 Å². The summed E-state index contributed by atoms with van der Waals surface area (Å²) in [5.74, 6) is 0.555. The van der Waals surface area contributed by atoms with Gasteiger partial charge in [-0.1, -0.05) is 24.3 Å². The minimum Gasteiger partial charge on any atom is -0.490 e. The summed E-state index contributed by atoms with van der Waals surface area (Å²) < 4.78 is 15.9. The maximum atomic E-state index is 12.4. The van der Waals surface area contributed by atoms with Gasteiger partial charge in [-0.2, -0.15) is 0 Å². The summed E-state index contributed by atoms with van der Waals surface area (Å²) in [7, 11) is 1.30. The lowest BCUT2D eigenvalue weighted by atomic mass is 10.1. The molecule has 3 rings (SSSR count). The lowest BCUT2D eigenvalue weighted by Gasteiger charge is -2.12. The summed E-state index contributed by atoms with van der Waals surface area (Å²) in [5.41, 5.74) is 1.38. The molecular formula is C24H22N2O5S. The molecule has 1 amide bonds. The maximum absolute atomic E-state index is 12.4. The number of carbonyl (C=O) groups is 2. The van der Waals surface area contributed by atoms with Crippen molar-refractivity contribution < 1.29 is 23.8 Å². The quantitative estimate of drug-likeness (QED) is 0.304.